The summed E-state index contributed by atoms with van der Waals surface area (Å²) in [5, 5.41) is -0.940. The molecule has 1 aromatic rings. The molecule has 3 atom stereocenters. The number of hydrogen-bond donors (Lipinski definition) is 0. The van der Waals surface area contributed by atoms with Gasteiger partial charge in [-0.15, -0.1) is 0 Å². The molecule has 0 aromatic heterocycles. The van der Waals surface area contributed by atoms with Crippen LogP contribution in [0.4, 0.5) is 0 Å². The lowest BCUT2D eigenvalue weighted by Gasteiger charge is -2.32. The summed E-state index contributed by atoms with van der Waals surface area (Å²) in [6.07, 6.45) is 1.60. The van der Waals surface area contributed by atoms with E-state index in [1.165, 1.54) is 9.87 Å². The van der Waals surface area contributed by atoms with E-state index in [1.807, 2.05) is 31.2 Å². The maximum Gasteiger partial charge on any atom is 0.217 e. The van der Waals surface area contributed by atoms with E-state index in [4.69, 9.17) is 4.74 Å². The summed E-state index contributed by atoms with van der Waals surface area (Å²) >= 11 is 0. The zero-order valence-corrected chi connectivity index (χ0v) is 16.5. The first-order valence-electron chi connectivity index (χ1n) is 9.15. The van der Waals surface area contributed by atoms with Gasteiger partial charge >= 0.3 is 0 Å². The van der Waals surface area contributed by atoms with Crippen molar-refractivity contribution in [3.05, 3.63) is 35.4 Å². The van der Waals surface area contributed by atoms with Crippen LogP contribution in [0.15, 0.2) is 24.3 Å². The van der Waals surface area contributed by atoms with Gasteiger partial charge in [0.1, 0.15) is 0 Å². The van der Waals surface area contributed by atoms with Crippen LogP contribution in [0.5, 0.6) is 0 Å². The normalized spacial score (nSPS) is 31.7. The molecule has 0 spiro atoms. The lowest BCUT2D eigenvalue weighted by molar-refractivity contribution is 0.000674. The maximum atomic E-state index is 12.6. The Bertz CT molecular complexity index is 875. The van der Waals surface area contributed by atoms with Crippen LogP contribution in [-0.4, -0.2) is 56.6 Å². The van der Waals surface area contributed by atoms with Crippen LogP contribution in [0.2, 0.25) is 0 Å². The second-order valence-corrected chi connectivity index (χ2v) is 12.3. The third-order valence-electron chi connectivity index (χ3n) is 5.79. The molecule has 8 heteroatoms. The van der Waals surface area contributed by atoms with Gasteiger partial charge in [-0.25, -0.2) is 16.8 Å². The Morgan fingerprint density at radius 3 is 2.46 bits per heavy atom. The summed E-state index contributed by atoms with van der Waals surface area (Å²) in [6, 6.07) is 8.05. The fraction of sp³-hybridized carbons (Fsp3) is 0.667. The average molecular weight is 400 g/mol. The fourth-order valence-electron chi connectivity index (χ4n) is 4.03. The number of hydrogen-bond acceptors (Lipinski definition) is 5. The molecule has 2 saturated heterocycles. The van der Waals surface area contributed by atoms with Crippen molar-refractivity contribution in [2.75, 3.05) is 18.8 Å². The first-order valence-corrected chi connectivity index (χ1v) is 12.4. The molecule has 0 unspecified atom stereocenters. The van der Waals surface area contributed by atoms with Gasteiger partial charge in [0.2, 0.25) is 10.0 Å². The molecule has 3 fully saturated rings. The van der Waals surface area contributed by atoms with Crippen LogP contribution < -0.4 is 0 Å². The first-order chi connectivity index (χ1) is 12.3. The molecule has 144 valence electrons. The zero-order chi connectivity index (χ0) is 18.5. The standard InChI is InChI=1S/C18H25NO5S2/c1-13-2-4-14(5-3-13)12-24-17-8-9-25(20,21)18-11-19(10-16(17)18)26(22,23)15-6-7-15/h2-5,15-18H,6-12H2,1H3/t16-,17-,18-/m1/s1. The Balaban J connectivity index is 1.49. The van der Waals surface area contributed by atoms with Gasteiger partial charge in [0, 0.05) is 19.0 Å². The van der Waals surface area contributed by atoms with E-state index in [-0.39, 0.29) is 36.1 Å². The average Bonchev–Trinajstić information content (AvgIpc) is 3.35. The lowest BCUT2D eigenvalue weighted by atomic mass is 9.98. The predicted molar refractivity (Wildman–Crippen MR) is 99.0 cm³/mol. The molecule has 2 heterocycles. The highest BCUT2D eigenvalue weighted by molar-refractivity contribution is 7.92. The molecule has 0 amide bonds. The summed E-state index contributed by atoms with van der Waals surface area (Å²) in [6.45, 7) is 2.80. The van der Waals surface area contributed by atoms with Crippen molar-refractivity contribution in [3.8, 4) is 0 Å². The van der Waals surface area contributed by atoms with Crippen molar-refractivity contribution in [1.29, 1.82) is 0 Å². The molecule has 1 aromatic carbocycles. The Morgan fingerprint density at radius 2 is 1.81 bits per heavy atom. The second-order valence-electron chi connectivity index (χ2n) is 7.75. The maximum absolute atomic E-state index is 12.6. The van der Waals surface area contributed by atoms with Crippen molar-refractivity contribution >= 4 is 19.9 Å². The number of sulfone groups is 1. The van der Waals surface area contributed by atoms with Crippen LogP contribution in [0.3, 0.4) is 0 Å². The van der Waals surface area contributed by atoms with Gasteiger partial charge in [-0.3, -0.25) is 0 Å². The van der Waals surface area contributed by atoms with E-state index in [1.54, 1.807) is 0 Å². The number of fused-ring (bicyclic) bond motifs is 1. The molecule has 1 saturated carbocycles. The predicted octanol–water partition coefficient (Wildman–Crippen LogP) is 1.49. The largest absolute Gasteiger partial charge is 0.373 e. The zero-order valence-electron chi connectivity index (χ0n) is 14.9. The highest BCUT2D eigenvalue weighted by Crippen LogP contribution is 2.39. The second kappa shape index (κ2) is 6.58. The topological polar surface area (TPSA) is 80.8 Å². The quantitative estimate of drug-likeness (QED) is 0.749. The number of ether oxygens (including phenoxy) is 1. The molecule has 0 bridgehead atoms. The minimum absolute atomic E-state index is 0.0735. The minimum Gasteiger partial charge on any atom is -0.373 e. The van der Waals surface area contributed by atoms with Gasteiger partial charge in [-0.2, -0.15) is 4.31 Å². The van der Waals surface area contributed by atoms with Gasteiger partial charge in [0.25, 0.3) is 0 Å². The molecular weight excluding hydrogens is 374 g/mol. The highest BCUT2D eigenvalue weighted by Gasteiger charge is 2.53. The number of nitrogens with zero attached hydrogens (tertiary/aromatic N) is 1. The summed E-state index contributed by atoms with van der Waals surface area (Å²) < 4.78 is 57.6. The van der Waals surface area contributed by atoms with E-state index in [0.717, 1.165) is 5.56 Å². The van der Waals surface area contributed by atoms with Crippen LogP contribution in [0.1, 0.15) is 30.4 Å². The molecule has 3 aliphatic rings. The Labute approximate surface area is 155 Å². The Kier molecular flexibility index (Phi) is 4.66. The van der Waals surface area contributed by atoms with Gasteiger partial charge in [0.15, 0.2) is 9.84 Å². The number of aryl methyl sites for hydroxylation is 1. The van der Waals surface area contributed by atoms with Crippen LogP contribution in [0.25, 0.3) is 0 Å². The number of benzene rings is 1. The molecule has 4 rings (SSSR count). The smallest absolute Gasteiger partial charge is 0.217 e. The van der Waals surface area contributed by atoms with Crippen molar-refractivity contribution in [2.45, 2.75) is 49.4 Å². The Morgan fingerprint density at radius 1 is 1.12 bits per heavy atom. The third-order valence-corrected chi connectivity index (χ3v) is 10.3. The van der Waals surface area contributed by atoms with Crippen molar-refractivity contribution < 1.29 is 21.6 Å². The first kappa shape index (κ1) is 18.4. The van der Waals surface area contributed by atoms with Gasteiger partial charge in [-0.1, -0.05) is 29.8 Å². The van der Waals surface area contributed by atoms with E-state index < -0.39 is 25.1 Å². The fourth-order valence-corrected chi connectivity index (χ4v) is 8.09. The molecule has 1 aliphatic carbocycles. The van der Waals surface area contributed by atoms with Crippen molar-refractivity contribution in [3.63, 3.8) is 0 Å². The SMILES string of the molecule is Cc1ccc(CO[C@@H]2CCS(=O)(=O)[C@@H]3CN(S(=O)(=O)C4CC4)C[C@@H]32)cc1. The number of rotatable bonds is 5. The summed E-state index contributed by atoms with van der Waals surface area (Å²) in [5.41, 5.74) is 2.22. The number of sulfonamides is 1. The van der Waals surface area contributed by atoms with Crippen molar-refractivity contribution in [1.82, 2.24) is 4.31 Å². The van der Waals surface area contributed by atoms with E-state index in [9.17, 15) is 16.8 Å². The summed E-state index contributed by atoms with van der Waals surface area (Å²) in [5.74, 6) is -0.197. The van der Waals surface area contributed by atoms with Crippen molar-refractivity contribution in [2.24, 2.45) is 5.92 Å². The molecule has 0 radical (unpaired) electrons. The van der Waals surface area contributed by atoms with Gasteiger partial charge < -0.3 is 4.74 Å². The summed E-state index contributed by atoms with van der Waals surface area (Å²) in [7, 11) is -6.62. The minimum atomic E-state index is -3.36. The molecule has 0 N–H and O–H groups in total. The van der Waals surface area contributed by atoms with Gasteiger partial charge in [0.05, 0.1) is 29.0 Å². The molecule has 2 aliphatic heterocycles. The van der Waals surface area contributed by atoms with Gasteiger partial charge in [-0.05, 0) is 31.7 Å². The lowest BCUT2D eigenvalue weighted by Crippen LogP contribution is -2.44. The van der Waals surface area contributed by atoms with E-state index in [0.29, 0.717) is 25.9 Å². The van der Waals surface area contributed by atoms with Crippen LogP contribution in [-0.2, 0) is 31.2 Å². The molecule has 6 nitrogen and oxygen atoms in total. The molecule has 26 heavy (non-hydrogen) atoms. The molecular formula is C18H25NO5S2. The monoisotopic (exact) mass is 399 g/mol. The van der Waals surface area contributed by atoms with E-state index >= 15 is 0 Å². The third kappa shape index (κ3) is 3.44. The van der Waals surface area contributed by atoms with E-state index in [2.05, 4.69) is 0 Å². The van der Waals surface area contributed by atoms with Crippen LogP contribution in [0, 0.1) is 12.8 Å². The Hall–Kier alpha value is -0.960. The van der Waals surface area contributed by atoms with Crippen LogP contribution >= 0.6 is 0 Å². The highest BCUT2D eigenvalue weighted by atomic mass is 32.2. The summed E-state index contributed by atoms with van der Waals surface area (Å²) in [4.78, 5) is 0.